The van der Waals surface area contributed by atoms with Gasteiger partial charge in [-0.2, -0.15) is 0 Å². The van der Waals surface area contributed by atoms with E-state index in [0.717, 1.165) is 23.0 Å². The fourth-order valence-corrected chi connectivity index (χ4v) is 2.67. The highest BCUT2D eigenvalue weighted by Gasteiger charge is 2.14. The Balaban J connectivity index is 1.87. The number of nitrogens with zero attached hydrogens (tertiary/aromatic N) is 2. The van der Waals surface area contributed by atoms with Gasteiger partial charge in [-0.05, 0) is 11.6 Å². The molecule has 0 aliphatic heterocycles. The third kappa shape index (κ3) is 2.13. The van der Waals surface area contributed by atoms with E-state index in [0.29, 0.717) is 5.89 Å². The first kappa shape index (κ1) is 12.6. The third-order valence-corrected chi connectivity index (χ3v) is 3.65. The zero-order valence-corrected chi connectivity index (χ0v) is 11.7. The Morgan fingerprint density at radius 3 is 2.59 bits per heavy atom. The largest absolute Gasteiger partial charge is 0.434 e. The van der Waals surface area contributed by atoms with Crippen molar-refractivity contribution in [3.05, 3.63) is 76.9 Å². The lowest BCUT2D eigenvalue weighted by Gasteiger charge is -2.05. The minimum atomic E-state index is -0.546. The van der Waals surface area contributed by atoms with E-state index in [1.807, 2.05) is 48.7 Å². The molecule has 0 saturated carbocycles. The molecular weight excluding hydrogens is 278 g/mol. The Morgan fingerprint density at radius 1 is 1.05 bits per heavy atom. The average molecular weight is 291 g/mol. The Bertz CT molecular complexity index is 980. The first-order chi connectivity index (χ1) is 10.8. The number of fused-ring (bicyclic) bond motifs is 1. The number of H-pyrrole nitrogens is 1. The first-order valence-corrected chi connectivity index (χ1v) is 6.99. The summed E-state index contributed by atoms with van der Waals surface area (Å²) in [4.78, 5) is 11.2. The minimum Gasteiger partial charge on any atom is -0.388 e. The van der Waals surface area contributed by atoms with Crippen molar-refractivity contribution in [1.29, 1.82) is 0 Å². The summed E-state index contributed by atoms with van der Waals surface area (Å²) in [6.07, 6.45) is 1.97. The lowest BCUT2D eigenvalue weighted by atomic mass is 10.2. The summed E-state index contributed by atoms with van der Waals surface area (Å²) in [5, 5.41) is 7.26. The van der Waals surface area contributed by atoms with E-state index in [4.69, 9.17) is 4.42 Å². The Hall–Kier alpha value is -3.08. The van der Waals surface area contributed by atoms with Gasteiger partial charge in [-0.15, -0.1) is 5.10 Å². The van der Waals surface area contributed by atoms with Gasteiger partial charge in [-0.25, -0.2) is 9.89 Å². The van der Waals surface area contributed by atoms with Crippen molar-refractivity contribution in [2.75, 3.05) is 0 Å². The van der Waals surface area contributed by atoms with Crippen LogP contribution in [0.3, 0.4) is 0 Å². The molecule has 4 rings (SSSR count). The number of aromatic nitrogens is 3. The summed E-state index contributed by atoms with van der Waals surface area (Å²) in [6, 6.07) is 18.2. The second-order valence-electron chi connectivity index (χ2n) is 5.09. The number of nitrogens with one attached hydrogen (secondary N) is 1. The molecule has 0 unspecified atom stereocenters. The van der Waals surface area contributed by atoms with Crippen LogP contribution in [0, 0.1) is 0 Å². The van der Waals surface area contributed by atoms with Gasteiger partial charge in [-0.1, -0.05) is 48.5 Å². The molecule has 0 spiro atoms. The number of aromatic amines is 1. The van der Waals surface area contributed by atoms with Crippen molar-refractivity contribution < 1.29 is 4.42 Å². The van der Waals surface area contributed by atoms with Crippen molar-refractivity contribution in [2.24, 2.45) is 0 Å². The summed E-state index contributed by atoms with van der Waals surface area (Å²) in [7, 11) is 0. The summed E-state index contributed by atoms with van der Waals surface area (Å²) < 4.78 is 7.24. The first-order valence-electron chi connectivity index (χ1n) is 6.99. The average Bonchev–Trinajstić information content (AvgIpc) is 3.13. The molecule has 1 N–H and O–H groups in total. The van der Waals surface area contributed by atoms with Gasteiger partial charge in [-0.3, -0.25) is 0 Å². The maximum Gasteiger partial charge on any atom is 0.434 e. The van der Waals surface area contributed by atoms with Gasteiger partial charge in [0.15, 0.2) is 0 Å². The Labute approximate surface area is 125 Å². The van der Waals surface area contributed by atoms with Crippen LogP contribution in [-0.2, 0) is 6.54 Å². The fraction of sp³-hybridized carbons (Fsp3) is 0.0588. The highest BCUT2D eigenvalue weighted by atomic mass is 16.4. The molecule has 0 amide bonds. The van der Waals surface area contributed by atoms with Gasteiger partial charge in [0.25, 0.3) is 5.89 Å². The highest BCUT2D eigenvalue weighted by molar-refractivity contribution is 5.94. The van der Waals surface area contributed by atoms with Gasteiger partial charge < -0.3 is 8.98 Å². The minimum absolute atomic E-state index is 0.313. The number of hydrogen-bond acceptors (Lipinski definition) is 3. The topological polar surface area (TPSA) is 63.8 Å². The maximum absolute atomic E-state index is 11.2. The van der Waals surface area contributed by atoms with E-state index in [2.05, 4.69) is 26.9 Å². The van der Waals surface area contributed by atoms with Crippen molar-refractivity contribution in [1.82, 2.24) is 14.8 Å². The molecule has 0 aliphatic rings. The van der Waals surface area contributed by atoms with Crippen LogP contribution in [0.2, 0.25) is 0 Å². The molecule has 0 bridgehead atoms. The highest BCUT2D eigenvalue weighted by Crippen LogP contribution is 2.29. The molecule has 0 radical (unpaired) electrons. The normalized spacial score (nSPS) is 11.1. The van der Waals surface area contributed by atoms with Gasteiger partial charge in [0.2, 0.25) is 0 Å². The summed E-state index contributed by atoms with van der Waals surface area (Å²) in [5.41, 5.74) is 3.09. The van der Waals surface area contributed by atoms with Gasteiger partial charge in [0.05, 0.1) is 5.56 Å². The van der Waals surface area contributed by atoms with E-state index < -0.39 is 5.76 Å². The SMILES string of the molecule is O=c1[nH]nc(-c2cn(Cc3ccccc3)c3ccccc23)o1. The van der Waals surface area contributed by atoms with Crippen LogP contribution in [0.25, 0.3) is 22.4 Å². The van der Waals surface area contributed by atoms with E-state index >= 15 is 0 Å². The molecule has 2 heterocycles. The van der Waals surface area contributed by atoms with Crippen LogP contribution in [0.1, 0.15) is 5.56 Å². The van der Waals surface area contributed by atoms with Crippen LogP contribution in [0.4, 0.5) is 0 Å². The van der Waals surface area contributed by atoms with Crippen LogP contribution >= 0.6 is 0 Å². The smallest absolute Gasteiger partial charge is 0.388 e. The van der Waals surface area contributed by atoms with E-state index in [-0.39, 0.29) is 0 Å². The van der Waals surface area contributed by atoms with Gasteiger partial charge in [0, 0.05) is 23.6 Å². The molecule has 0 aliphatic carbocycles. The van der Waals surface area contributed by atoms with Crippen LogP contribution < -0.4 is 5.76 Å². The number of rotatable bonds is 3. The molecule has 108 valence electrons. The zero-order valence-electron chi connectivity index (χ0n) is 11.7. The van der Waals surface area contributed by atoms with Crippen LogP contribution in [0.15, 0.2) is 70.0 Å². The Kier molecular flexibility index (Phi) is 2.89. The predicted molar refractivity (Wildman–Crippen MR) is 83.6 cm³/mol. The molecule has 5 heteroatoms. The lowest BCUT2D eigenvalue weighted by molar-refractivity contribution is 0.527. The second kappa shape index (κ2) is 5.04. The number of benzene rings is 2. The predicted octanol–water partition coefficient (Wildman–Crippen LogP) is 3.03. The lowest BCUT2D eigenvalue weighted by Crippen LogP contribution is -1.97. The Morgan fingerprint density at radius 2 is 1.82 bits per heavy atom. The third-order valence-electron chi connectivity index (χ3n) is 3.65. The van der Waals surface area contributed by atoms with Crippen molar-refractivity contribution in [2.45, 2.75) is 6.54 Å². The zero-order chi connectivity index (χ0) is 14.9. The molecule has 0 fully saturated rings. The molecule has 4 aromatic rings. The van der Waals surface area contributed by atoms with Crippen LogP contribution in [0.5, 0.6) is 0 Å². The number of para-hydroxylation sites is 1. The second-order valence-corrected chi connectivity index (χ2v) is 5.09. The summed E-state index contributed by atoms with van der Waals surface area (Å²) in [5.74, 6) is -0.233. The molecule has 0 saturated heterocycles. The van der Waals surface area contributed by atoms with E-state index in [1.165, 1.54) is 5.56 Å². The molecule has 22 heavy (non-hydrogen) atoms. The summed E-state index contributed by atoms with van der Waals surface area (Å²) >= 11 is 0. The number of hydrogen-bond donors (Lipinski definition) is 1. The van der Waals surface area contributed by atoms with Gasteiger partial charge >= 0.3 is 5.76 Å². The van der Waals surface area contributed by atoms with Gasteiger partial charge in [0.1, 0.15) is 0 Å². The van der Waals surface area contributed by atoms with Crippen molar-refractivity contribution >= 4 is 10.9 Å². The van der Waals surface area contributed by atoms with Crippen molar-refractivity contribution in [3.8, 4) is 11.5 Å². The molecular formula is C17H13N3O2. The molecule has 2 aromatic heterocycles. The maximum atomic E-state index is 11.2. The molecule has 2 aromatic carbocycles. The van der Waals surface area contributed by atoms with Crippen molar-refractivity contribution in [3.63, 3.8) is 0 Å². The quantitative estimate of drug-likeness (QED) is 0.631. The molecule has 5 nitrogen and oxygen atoms in total. The van der Waals surface area contributed by atoms with E-state index in [1.54, 1.807) is 0 Å². The summed E-state index contributed by atoms with van der Waals surface area (Å²) in [6.45, 7) is 0.746. The van der Waals surface area contributed by atoms with E-state index in [9.17, 15) is 4.79 Å². The monoisotopic (exact) mass is 291 g/mol. The van der Waals surface area contributed by atoms with Crippen LogP contribution in [-0.4, -0.2) is 14.8 Å². The standard InChI is InChI=1S/C17H13N3O2/c21-17-19-18-16(22-17)14-11-20(10-12-6-2-1-3-7-12)15-9-5-4-8-13(14)15/h1-9,11H,10H2,(H,19,21). The fourth-order valence-electron chi connectivity index (χ4n) is 2.67. The molecule has 0 atom stereocenters.